The molecule has 136 valence electrons. The zero-order valence-corrected chi connectivity index (χ0v) is 14.6. The molecule has 2 atom stereocenters. The molecule has 0 radical (unpaired) electrons. The van der Waals surface area contributed by atoms with Crippen LogP contribution in [0.3, 0.4) is 0 Å². The first-order chi connectivity index (χ1) is 12.6. The fraction of sp³-hybridized carbons (Fsp3) is 0.300. The third-order valence-electron chi connectivity index (χ3n) is 4.52. The molecule has 1 aliphatic rings. The number of rotatable bonds is 4. The van der Waals surface area contributed by atoms with Crippen LogP contribution in [0.15, 0.2) is 54.6 Å². The number of hydrogen-bond donors (Lipinski definition) is 1. The molecule has 1 heterocycles. The standard InChI is InChI=1S/C20H22N2O4/c1-25-19(23)16-9-7-14(8-10-16)18-13-17(21)11-12-22(18)26-20(24)15-5-3-2-4-6-15/h2-10,17-18H,11-13,21H2,1H3. The Morgan fingerprint density at radius 2 is 1.65 bits per heavy atom. The summed E-state index contributed by atoms with van der Waals surface area (Å²) in [6.07, 6.45) is 1.42. The van der Waals surface area contributed by atoms with Crippen molar-refractivity contribution in [2.45, 2.75) is 24.9 Å². The van der Waals surface area contributed by atoms with Crippen molar-refractivity contribution >= 4 is 11.9 Å². The molecule has 3 rings (SSSR count). The molecule has 0 amide bonds. The Morgan fingerprint density at radius 3 is 2.31 bits per heavy atom. The van der Waals surface area contributed by atoms with E-state index < -0.39 is 5.97 Å². The highest BCUT2D eigenvalue weighted by Crippen LogP contribution is 2.31. The van der Waals surface area contributed by atoms with E-state index in [1.165, 1.54) is 7.11 Å². The number of piperidine rings is 1. The number of carbonyl (C=O) groups excluding carboxylic acids is 2. The van der Waals surface area contributed by atoms with Gasteiger partial charge in [0, 0.05) is 12.6 Å². The summed E-state index contributed by atoms with van der Waals surface area (Å²) in [5, 5.41) is 1.69. The topological polar surface area (TPSA) is 81.9 Å². The third kappa shape index (κ3) is 4.09. The van der Waals surface area contributed by atoms with E-state index in [1.807, 2.05) is 18.2 Å². The quantitative estimate of drug-likeness (QED) is 0.850. The molecule has 1 aliphatic heterocycles. The van der Waals surface area contributed by atoms with E-state index in [2.05, 4.69) is 0 Å². The molecule has 26 heavy (non-hydrogen) atoms. The second kappa shape index (κ2) is 8.12. The Labute approximate surface area is 152 Å². The molecular formula is C20H22N2O4. The summed E-state index contributed by atoms with van der Waals surface area (Å²) in [6, 6.07) is 15.9. The Bertz CT molecular complexity index is 761. The van der Waals surface area contributed by atoms with E-state index in [0.717, 1.165) is 12.0 Å². The van der Waals surface area contributed by atoms with Gasteiger partial charge in [-0.05, 0) is 42.7 Å². The number of ether oxygens (including phenoxy) is 1. The maximum Gasteiger partial charge on any atom is 0.357 e. The maximum atomic E-state index is 12.4. The molecular weight excluding hydrogens is 332 g/mol. The van der Waals surface area contributed by atoms with E-state index >= 15 is 0 Å². The van der Waals surface area contributed by atoms with Crippen LogP contribution in [0.1, 0.15) is 45.2 Å². The second-order valence-electron chi connectivity index (χ2n) is 6.30. The van der Waals surface area contributed by atoms with Gasteiger partial charge in [-0.2, -0.15) is 0 Å². The van der Waals surface area contributed by atoms with Crippen molar-refractivity contribution in [1.29, 1.82) is 0 Å². The first kappa shape index (κ1) is 18.1. The van der Waals surface area contributed by atoms with Gasteiger partial charge in [-0.3, -0.25) is 0 Å². The molecule has 0 aromatic heterocycles. The molecule has 1 saturated heterocycles. The highest BCUT2D eigenvalue weighted by Gasteiger charge is 2.31. The van der Waals surface area contributed by atoms with Crippen LogP contribution in [-0.4, -0.2) is 36.7 Å². The van der Waals surface area contributed by atoms with Crippen molar-refractivity contribution in [2.24, 2.45) is 5.73 Å². The van der Waals surface area contributed by atoms with Crippen LogP contribution in [-0.2, 0) is 9.57 Å². The number of hydroxylamine groups is 2. The minimum absolute atomic E-state index is 0.0342. The summed E-state index contributed by atoms with van der Waals surface area (Å²) in [4.78, 5) is 29.6. The van der Waals surface area contributed by atoms with Gasteiger partial charge in [-0.15, -0.1) is 5.06 Å². The van der Waals surface area contributed by atoms with Crippen molar-refractivity contribution in [3.05, 3.63) is 71.3 Å². The number of nitrogens with two attached hydrogens (primary N) is 1. The molecule has 1 fully saturated rings. The number of benzene rings is 2. The van der Waals surface area contributed by atoms with Gasteiger partial charge in [0.05, 0.1) is 24.3 Å². The van der Waals surface area contributed by atoms with Crippen LogP contribution in [0.2, 0.25) is 0 Å². The molecule has 2 unspecified atom stereocenters. The largest absolute Gasteiger partial charge is 0.465 e. The van der Waals surface area contributed by atoms with Crippen LogP contribution in [0.25, 0.3) is 0 Å². The normalized spacial score (nSPS) is 20.4. The van der Waals surface area contributed by atoms with Crippen molar-refractivity contribution < 1.29 is 19.2 Å². The number of esters is 1. The Kier molecular flexibility index (Phi) is 5.65. The van der Waals surface area contributed by atoms with E-state index in [4.69, 9.17) is 15.3 Å². The highest BCUT2D eigenvalue weighted by molar-refractivity contribution is 5.89. The average Bonchev–Trinajstić information content (AvgIpc) is 2.69. The van der Waals surface area contributed by atoms with E-state index in [9.17, 15) is 9.59 Å². The summed E-state index contributed by atoms with van der Waals surface area (Å²) in [7, 11) is 1.35. The maximum absolute atomic E-state index is 12.4. The van der Waals surface area contributed by atoms with Gasteiger partial charge in [0.2, 0.25) is 0 Å². The highest BCUT2D eigenvalue weighted by atomic mass is 16.7. The minimum atomic E-state index is -0.391. The van der Waals surface area contributed by atoms with Gasteiger partial charge in [-0.1, -0.05) is 30.3 Å². The smallest absolute Gasteiger partial charge is 0.357 e. The second-order valence-corrected chi connectivity index (χ2v) is 6.30. The number of carbonyl (C=O) groups is 2. The number of methoxy groups -OCH3 is 1. The molecule has 0 aliphatic carbocycles. The van der Waals surface area contributed by atoms with Gasteiger partial charge in [0.15, 0.2) is 0 Å². The monoisotopic (exact) mass is 354 g/mol. The number of hydrogen-bond acceptors (Lipinski definition) is 6. The van der Waals surface area contributed by atoms with Crippen LogP contribution in [0, 0.1) is 0 Å². The lowest BCUT2D eigenvalue weighted by Crippen LogP contribution is -2.43. The summed E-state index contributed by atoms with van der Waals surface area (Å²) < 4.78 is 4.72. The first-order valence-electron chi connectivity index (χ1n) is 8.56. The molecule has 0 spiro atoms. The van der Waals surface area contributed by atoms with Crippen LogP contribution in [0.5, 0.6) is 0 Å². The molecule has 2 N–H and O–H groups in total. The fourth-order valence-electron chi connectivity index (χ4n) is 3.08. The zero-order valence-electron chi connectivity index (χ0n) is 14.6. The Hall–Kier alpha value is -2.70. The van der Waals surface area contributed by atoms with Crippen LogP contribution < -0.4 is 5.73 Å². The number of nitrogens with zero attached hydrogens (tertiary/aromatic N) is 1. The molecule has 6 heteroatoms. The lowest BCUT2D eigenvalue weighted by molar-refractivity contribution is -0.155. The van der Waals surface area contributed by atoms with E-state index in [1.54, 1.807) is 41.5 Å². The summed E-state index contributed by atoms with van der Waals surface area (Å²) in [5.74, 6) is -0.776. The summed E-state index contributed by atoms with van der Waals surface area (Å²) in [6.45, 7) is 0.559. The van der Waals surface area contributed by atoms with Crippen molar-refractivity contribution in [2.75, 3.05) is 13.7 Å². The van der Waals surface area contributed by atoms with Gasteiger partial charge < -0.3 is 15.3 Å². The van der Waals surface area contributed by atoms with Gasteiger partial charge in [0.25, 0.3) is 0 Å². The average molecular weight is 354 g/mol. The Morgan fingerprint density at radius 1 is 1.00 bits per heavy atom. The zero-order chi connectivity index (χ0) is 18.5. The van der Waals surface area contributed by atoms with Crippen LogP contribution in [0.4, 0.5) is 0 Å². The van der Waals surface area contributed by atoms with Crippen molar-refractivity contribution in [3.63, 3.8) is 0 Å². The molecule has 2 aromatic carbocycles. The first-order valence-corrected chi connectivity index (χ1v) is 8.56. The lowest BCUT2D eigenvalue weighted by Gasteiger charge is -2.36. The van der Waals surface area contributed by atoms with Crippen molar-refractivity contribution in [1.82, 2.24) is 5.06 Å². The SMILES string of the molecule is COC(=O)c1ccc(C2CC(N)CCN2OC(=O)c2ccccc2)cc1. The van der Waals surface area contributed by atoms with Gasteiger partial charge in [0.1, 0.15) is 0 Å². The van der Waals surface area contributed by atoms with Crippen molar-refractivity contribution in [3.8, 4) is 0 Å². The van der Waals surface area contributed by atoms with Gasteiger partial charge >= 0.3 is 11.9 Å². The fourth-order valence-corrected chi connectivity index (χ4v) is 3.08. The molecule has 2 aromatic rings. The van der Waals surface area contributed by atoms with Crippen LogP contribution >= 0.6 is 0 Å². The summed E-state index contributed by atoms with van der Waals surface area (Å²) in [5.41, 5.74) is 8.04. The Balaban J connectivity index is 1.78. The van der Waals surface area contributed by atoms with E-state index in [-0.39, 0.29) is 18.1 Å². The summed E-state index contributed by atoms with van der Waals surface area (Å²) >= 11 is 0. The third-order valence-corrected chi connectivity index (χ3v) is 4.52. The van der Waals surface area contributed by atoms with E-state index in [0.29, 0.717) is 24.1 Å². The minimum Gasteiger partial charge on any atom is -0.465 e. The molecule has 0 bridgehead atoms. The predicted molar refractivity (Wildman–Crippen MR) is 96.3 cm³/mol. The lowest BCUT2D eigenvalue weighted by atomic mass is 9.93. The molecule has 6 nitrogen and oxygen atoms in total. The van der Waals surface area contributed by atoms with Gasteiger partial charge in [-0.25, -0.2) is 9.59 Å². The molecule has 0 saturated carbocycles. The predicted octanol–water partition coefficient (Wildman–Crippen LogP) is 2.71.